The van der Waals surface area contributed by atoms with E-state index in [1.807, 2.05) is 0 Å². The molecule has 0 spiro atoms. The van der Waals surface area contributed by atoms with E-state index in [4.69, 9.17) is 4.74 Å². The number of methoxy groups -OCH3 is 1. The third-order valence-corrected chi connectivity index (χ3v) is 4.22. The molecule has 0 aliphatic heterocycles. The van der Waals surface area contributed by atoms with E-state index in [0.717, 1.165) is 49.5 Å². The minimum absolute atomic E-state index is 0.0698. The summed E-state index contributed by atoms with van der Waals surface area (Å²) in [5, 5.41) is 4.34. The van der Waals surface area contributed by atoms with Crippen molar-refractivity contribution in [2.45, 2.75) is 51.5 Å². The van der Waals surface area contributed by atoms with Crippen molar-refractivity contribution in [1.29, 1.82) is 0 Å². The molecule has 0 radical (unpaired) electrons. The van der Waals surface area contributed by atoms with E-state index in [1.54, 1.807) is 0 Å². The molecule has 0 unspecified atom stereocenters. The van der Waals surface area contributed by atoms with Crippen LogP contribution in [0.15, 0.2) is 0 Å². The molecule has 0 amide bonds. The Bertz CT molecular complexity index is 414. The highest BCUT2D eigenvalue weighted by Gasteiger charge is 2.27. The molecule has 1 fully saturated rings. The Morgan fingerprint density at radius 2 is 2.16 bits per heavy atom. The number of carbonyl (C=O) groups is 1. The molecule has 5 nitrogen and oxygen atoms in total. The Hall–Kier alpha value is -1.17. The van der Waals surface area contributed by atoms with Crippen LogP contribution in [0, 0.1) is 5.92 Å². The van der Waals surface area contributed by atoms with Crippen molar-refractivity contribution in [3.05, 3.63) is 5.82 Å². The summed E-state index contributed by atoms with van der Waals surface area (Å²) in [7, 11) is 1.46. The molecule has 19 heavy (non-hydrogen) atoms. The molecule has 1 saturated carbocycles. The van der Waals surface area contributed by atoms with Crippen LogP contribution in [-0.4, -0.2) is 28.5 Å². The van der Waals surface area contributed by atoms with Crippen LogP contribution < -0.4 is 5.32 Å². The zero-order valence-corrected chi connectivity index (χ0v) is 12.3. The number of hydrogen-bond donors (Lipinski definition) is 1. The molecular weight excluding hydrogens is 262 g/mol. The first-order valence-corrected chi connectivity index (χ1v) is 7.67. The quantitative estimate of drug-likeness (QED) is 0.842. The smallest absolute Gasteiger partial charge is 0.308 e. The highest BCUT2D eigenvalue weighted by atomic mass is 32.1. The number of nitrogens with one attached hydrogen (secondary N) is 1. The third-order valence-electron chi connectivity index (χ3n) is 3.53. The Labute approximate surface area is 117 Å². The molecule has 6 heteroatoms. The van der Waals surface area contributed by atoms with Crippen molar-refractivity contribution in [2.24, 2.45) is 5.92 Å². The van der Waals surface area contributed by atoms with Gasteiger partial charge in [-0.1, -0.05) is 6.92 Å². The summed E-state index contributed by atoms with van der Waals surface area (Å²) < 4.78 is 9.12. The minimum atomic E-state index is -0.0698. The van der Waals surface area contributed by atoms with Crippen LogP contribution in [0.3, 0.4) is 0 Å². The molecule has 1 aliphatic carbocycles. The van der Waals surface area contributed by atoms with Gasteiger partial charge in [0.05, 0.1) is 13.0 Å². The lowest BCUT2D eigenvalue weighted by atomic mass is 9.86. The maximum Gasteiger partial charge on any atom is 0.308 e. The molecule has 0 saturated heterocycles. The number of carbonyl (C=O) groups excluding carboxylic acids is 1. The Kier molecular flexibility index (Phi) is 5.13. The number of anilines is 1. The van der Waals surface area contributed by atoms with Gasteiger partial charge in [0.1, 0.15) is 5.82 Å². The highest BCUT2D eigenvalue weighted by molar-refractivity contribution is 7.09. The maximum atomic E-state index is 11.4. The molecule has 1 heterocycles. The topological polar surface area (TPSA) is 64.1 Å². The number of hydrogen-bond acceptors (Lipinski definition) is 6. The lowest BCUT2D eigenvalue weighted by Crippen LogP contribution is -2.29. The van der Waals surface area contributed by atoms with Gasteiger partial charge in [0.15, 0.2) is 0 Å². The molecule has 1 aromatic heterocycles. The van der Waals surface area contributed by atoms with Gasteiger partial charge in [-0.15, -0.1) is 0 Å². The fourth-order valence-corrected chi connectivity index (χ4v) is 3.14. The van der Waals surface area contributed by atoms with Crippen molar-refractivity contribution < 1.29 is 9.53 Å². The van der Waals surface area contributed by atoms with Gasteiger partial charge in [-0.25, -0.2) is 4.98 Å². The third kappa shape index (κ3) is 3.89. The van der Waals surface area contributed by atoms with Crippen LogP contribution in [0.2, 0.25) is 0 Å². The standard InChI is InChI=1S/C13H21N3O2S/c1-3-4-11-15-13(19-16-11)14-10-7-5-9(6-8-10)12(17)18-2/h9-10H,3-8H2,1-2H3,(H,14,15,16). The molecule has 106 valence electrons. The molecule has 1 aliphatic rings. The summed E-state index contributed by atoms with van der Waals surface area (Å²) >= 11 is 1.43. The van der Waals surface area contributed by atoms with Gasteiger partial charge in [0.2, 0.25) is 5.13 Å². The Balaban J connectivity index is 1.80. The van der Waals surface area contributed by atoms with Crippen molar-refractivity contribution in [3.63, 3.8) is 0 Å². The van der Waals surface area contributed by atoms with E-state index in [2.05, 4.69) is 21.6 Å². The van der Waals surface area contributed by atoms with Gasteiger partial charge < -0.3 is 10.1 Å². The lowest BCUT2D eigenvalue weighted by Gasteiger charge is -2.27. The predicted molar refractivity (Wildman–Crippen MR) is 75.3 cm³/mol. The summed E-state index contributed by atoms with van der Waals surface area (Å²) in [6.45, 7) is 2.13. The first kappa shape index (κ1) is 14.2. The Morgan fingerprint density at radius 3 is 2.79 bits per heavy atom. The van der Waals surface area contributed by atoms with Crippen molar-refractivity contribution >= 4 is 22.6 Å². The summed E-state index contributed by atoms with van der Waals surface area (Å²) in [6, 6.07) is 0.406. The molecule has 1 N–H and O–H groups in total. The van der Waals surface area contributed by atoms with E-state index in [9.17, 15) is 4.79 Å². The van der Waals surface area contributed by atoms with Gasteiger partial charge in [-0.3, -0.25) is 4.79 Å². The number of esters is 1. The SMILES string of the molecule is CCCc1nsc(NC2CCC(C(=O)OC)CC2)n1. The lowest BCUT2D eigenvalue weighted by molar-refractivity contribution is -0.146. The van der Waals surface area contributed by atoms with Gasteiger partial charge >= 0.3 is 5.97 Å². The zero-order valence-electron chi connectivity index (χ0n) is 11.5. The van der Waals surface area contributed by atoms with E-state index in [-0.39, 0.29) is 11.9 Å². The van der Waals surface area contributed by atoms with Gasteiger partial charge in [-0.2, -0.15) is 4.37 Å². The van der Waals surface area contributed by atoms with Gasteiger partial charge in [-0.05, 0) is 32.1 Å². The van der Waals surface area contributed by atoms with E-state index in [1.165, 1.54) is 18.6 Å². The fraction of sp³-hybridized carbons (Fsp3) is 0.769. The first-order valence-electron chi connectivity index (χ1n) is 6.90. The second kappa shape index (κ2) is 6.84. The predicted octanol–water partition coefficient (Wildman–Crippen LogP) is 2.63. The average Bonchev–Trinajstić information content (AvgIpc) is 2.86. The summed E-state index contributed by atoms with van der Waals surface area (Å²) in [6.07, 6.45) is 5.77. The van der Waals surface area contributed by atoms with Crippen molar-refractivity contribution in [3.8, 4) is 0 Å². The molecule has 0 atom stereocenters. The van der Waals surface area contributed by atoms with Crippen LogP contribution in [-0.2, 0) is 16.0 Å². The fourth-order valence-electron chi connectivity index (χ4n) is 2.45. The number of ether oxygens (including phenoxy) is 1. The summed E-state index contributed by atoms with van der Waals surface area (Å²) in [4.78, 5) is 15.9. The number of aromatic nitrogens is 2. The largest absolute Gasteiger partial charge is 0.469 e. The van der Waals surface area contributed by atoms with Crippen LogP contribution in [0.25, 0.3) is 0 Å². The van der Waals surface area contributed by atoms with Crippen LogP contribution in [0.5, 0.6) is 0 Å². The van der Waals surface area contributed by atoms with Gasteiger partial charge in [0, 0.05) is 24.0 Å². The highest BCUT2D eigenvalue weighted by Crippen LogP contribution is 2.27. The van der Waals surface area contributed by atoms with Crippen molar-refractivity contribution in [2.75, 3.05) is 12.4 Å². The van der Waals surface area contributed by atoms with Gasteiger partial charge in [0.25, 0.3) is 0 Å². The number of nitrogens with zero attached hydrogens (tertiary/aromatic N) is 2. The minimum Gasteiger partial charge on any atom is -0.469 e. The monoisotopic (exact) mass is 283 g/mol. The maximum absolute atomic E-state index is 11.4. The zero-order chi connectivity index (χ0) is 13.7. The molecule has 0 aromatic carbocycles. The van der Waals surface area contributed by atoms with Crippen LogP contribution in [0.1, 0.15) is 44.9 Å². The van der Waals surface area contributed by atoms with E-state index >= 15 is 0 Å². The summed E-state index contributed by atoms with van der Waals surface area (Å²) in [5.41, 5.74) is 0. The average molecular weight is 283 g/mol. The normalized spacial score (nSPS) is 23.1. The van der Waals surface area contributed by atoms with Crippen LogP contribution in [0.4, 0.5) is 5.13 Å². The molecular formula is C13H21N3O2S. The van der Waals surface area contributed by atoms with E-state index in [0.29, 0.717) is 6.04 Å². The molecule has 1 aromatic rings. The number of aryl methyl sites for hydroxylation is 1. The second-order valence-corrected chi connectivity index (χ2v) is 5.73. The number of rotatable bonds is 5. The first-order chi connectivity index (χ1) is 9.22. The van der Waals surface area contributed by atoms with E-state index < -0.39 is 0 Å². The van der Waals surface area contributed by atoms with Crippen LogP contribution >= 0.6 is 11.5 Å². The Morgan fingerprint density at radius 1 is 1.42 bits per heavy atom. The summed E-state index contributed by atoms with van der Waals surface area (Å²) in [5.74, 6) is 0.936. The molecule has 0 bridgehead atoms. The second-order valence-electron chi connectivity index (χ2n) is 4.98. The molecule has 2 rings (SSSR count). The van der Waals surface area contributed by atoms with Crippen molar-refractivity contribution in [1.82, 2.24) is 9.36 Å².